The molecule has 2 aromatic carbocycles. The fourth-order valence-corrected chi connectivity index (χ4v) is 3.28. The number of fused-ring (bicyclic) bond motifs is 1. The van der Waals surface area contributed by atoms with E-state index in [1.165, 1.54) is 6.07 Å². The Morgan fingerprint density at radius 1 is 1.04 bits per heavy atom. The van der Waals surface area contributed by atoms with Gasteiger partial charge in [0.1, 0.15) is 0 Å². The van der Waals surface area contributed by atoms with E-state index in [0.29, 0.717) is 5.39 Å². The minimum atomic E-state index is -4.02. The normalized spacial score (nSPS) is 11.5. The number of benzene rings is 2. The molecule has 2 aromatic rings. The molecule has 0 fully saturated rings. The molecule has 7 nitrogen and oxygen atoms in total. The maximum atomic E-state index is 12.1. The third-order valence-electron chi connectivity index (χ3n) is 3.57. The number of likely N-dealkylation sites (N-methyl/N-ethyl adjacent to an activating group) is 2. The topological polar surface area (TPSA) is 89.4 Å². The summed E-state index contributed by atoms with van der Waals surface area (Å²) < 4.78 is 27.1. The quantitative estimate of drug-likeness (QED) is 0.462. The molecule has 0 saturated heterocycles. The summed E-state index contributed by atoms with van der Waals surface area (Å²) in [4.78, 5) is 6.60. The average molecular weight is 333 g/mol. The number of anilines is 1. The van der Waals surface area contributed by atoms with Crippen LogP contribution >= 0.6 is 0 Å². The molecule has 0 unspecified atom stereocenters. The second-order valence-corrected chi connectivity index (χ2v) is 7.05. The van der Waals surface area contributed by atoms with E-state index >= 15 is 0 Å². The molecule has 23 heavy (non-hydrogen) atoms. The largest absolute Gasteiger partial charge is 0.373 e. The SMILES string of the molecule is CN(C)CCN(C)c1cccc2c(S(=O)(=O)N=[N+]=[N-])cccc12. The van der Waals surface area contributed by atoms with Gasteiger partial charge in [0.2, 0.25) is 0 Å². The molecule has 0 aliphatic heterocycles. The van der Waals surface area contributed by atoms with Gasteiger partial charge in [-0.2, -0.15) is 0 Å². The number of azide groups is 1. The predicted octanol–water partition coefficient (Wildman–Crippen LogP) is 2.84. The fourth-order valence-electron chi connectivity index (χ4n) is 2.38. The highest BCUT2D eigenvalue weighted by Crippen LogP contribution is 2.31. The van der Waals surface area contributed by atoms with E-state index in [2.05, 4.69) is 19.2 Å². The third kappa shape index (κ3) is 3.73. The Kier molecular flexibility index (Phi) is 5.10. The molecule has 0 aromatic heterocycles. The number of sulfonamides is 1. The standard InChI is InChI=1S/C15H19N5O2S/c1-19(2)10-11-20(3)14-8-4-7-13-12(14)6-5-9-15(13)23(21,22)18-17-16/h4-9H,10-11H2,1-3H3. The first kappa shape index (κ1) is 17.1. The van der Waals surface area contributed by atoms with Gasteiger partial charge < -0.3 is 9.80 Å². The second kappa shape index (κ2) is 6.87. The van der Waals surface area contributed by atoms with E-state index in [-0.39, 0.29) is 4.90 Å². The zero-order valence-electron chi connectivity index (χ0n) is 13.3. The van der Waals surface area contributed by atoms with E-state index in [1.807, 2.05) is 33.3 Å². The molecule has 0 aliphatic carbocycles. The van der Waals surface area contributed by atoms with E-state index in [4.69, 9.17) is 5.53 Å². The van der Waals surface area contributed by atoms with Crippen LogP contribution in [-0.4, -0.2) is 47.6 Å². The van der Waals surface area contributed by atoms with Gasteiger partial charge in [0.25, 0.3) is 10.0 Å². The number of nitrogens with zero attached hydrogens (tertiary/aromatic N) is 5. The molecule has 0 N–H and O–H groups in total. The van der Waals surface area contributed by atoms with Crippen LogP contribution in [0.2, 0.25) is 0 Å². The first-order chi connectivity index (χ1) is 10.9. The molecule has 2 rings (SSSR count). The molecule has 0 atom stereocenters. The maximum absolute atomic E-state index is 12.1. The van der Waals surface area contributed by atoms with Gasteiger partial charge in [0.15, 0.2) is 0 Å². The summed E-state index contributed by atoms with van der Waals surface area (Å²) in [5, 5.41) is 1.36. The van der Waals surface area contributed by atoms with Crippen molar-refractivity contribution in [2.45, 2.75) is 4.90 Å². The molecular formula is C15H19N5O2S. The van der Waals surface area contributed by atoms with Crippen LogP contribution < -0.4 is 4.90 Å². The lowest BCUT2D eigenvalue weighted by atomic mass is 10.1. The zero-order chi connectivity index (χ0) is 17.0. The van der Waals surface area contributed by atoms with Gasteiger partial charge in [-0.25, -0.2) is 8.42 Å². The Bertz CT molecular complexity index is 857. The highest BCUT2D eigenvalue weighted by atomic mass is 32.2. The molecule has 0 aliphatic rings. The van der Waals surface area contributed by atoms with E-state index < -0.39 is 10.0 Å². The van der Waals surface area contributed by atoms with Gasteiger partial charge in [-0.3, -0.25) is 0 Å². The Labute approximate surface area is 135 Å². The average Bonchev–Trinajstić information content (AvgIpc) is 2.51. The van der Waals surface area contributed by atoms with Crippen LogP contribution in [0.15, 0.2) is 45.8 Å². The van der Waals surface area contributed by atoms with Gasteiger partial charge in [-0.1, -0.05) is 24.3 Å². The number of rotatable bonds is 6. The summed E-state index contributed by atoms with van der Waals surface area (Å²) in [6.07, 6.45) is 0. The highest BCUT2D eigenvalue weighted by Gasteiger charge is 2.17. The fraction of sp³-hybridized carbons (Fsp3) is 0.333. The van der Waals surface area contributed by atoms with Crippen LogP contribution in [0, 0.1) is 0 Å². The number of hydrogen-bond donors (Lipinski definition) is 0. The Morgan fingerprint density at radius 2 is 1.70 bits per heavy atom. The zero-order valence-corrected chi connectivity index (χ0v) is 14.2. The Morgan fingerprint density at radius 3 is 2.35 bits per heavy atom. The predicted molar refractivity (Wildman–Crippen MR) is 92.1 cm³/mol. The Hall–Kier alpha value is -2.28. The summed E-state index contributed by atoms with van der Waals surface area (Å²) in [7, 11) is 1.94. The van der Waals surface area contributed by atoms with Crippen LogP contribution in [0.25, 0.3) is 21.2 Å². The maximum Gasteiger partial charge on any atom is 0.264 e. The molecule has 0 spiro atoms. The van der Waals surface area contributed by atoms with Crippen molar-refractivity contribution in [3.63, 3.8) is 0 Å². The summed E-state index contributed by atoms with van der Waals surface area (Å²) in [5.41, 5.74) is 9.40. The summed E-state index contributed by atoms with van der Waals surface area (Å²) in [5.74, 6) is 0. The molecule has 0 saturated carbocycles. The lowest BCUT2D eigenvalue weighted by molar-refractivity contribution is 0.416. The minimum Gasteiger partial charge on any atom is -0.373 e. The first-order valence-electron chi connectivity index (χ1n) is 7.06. The van der Waals surface area contributed by atoms with Crippen molar-refractivity contribution in [2.24, 2.45) is 4.52 Å². The van der Waals surface area contributed by atoms with Crippen molar-refractivity contribution >= 4 is 26.5 Å². The van der Waals surface area contributed by atoms with Crippen molar-refractivity contribution < 1.29 is 8.42 Å². The highest BCUT2D eigenvalue weighted by molar-refractivity contribution is 7.90. The van der Waals surface area contributed by atoms with Crippen molar-refractivity contribution in [2.75, 3.05) is 39.1 Å². The monoisotopic (exact) mass is 333 g/mol. The smallest absolute Gasteiger partial charge is 0.264 e. The first-order valence-corrected chi connectivity index (χ1v) is 8.50. The summed E-state index contributed by atoms with van der Waals surface area (Å²) >= 11 is 0. The molecule has 0 heterocycles. The molecule has 0 bridgehead atoms. The molecule has 122 valence electrons. The summed E-state index contributed by atoms with van der Waals surface area (Å²) in [6.45, 7) is 1.68. The van der Waals surface area contributed by atoms with Crippen molar-refractivity contribution in [3.05, 3.63) is 46.8 Å². The molecule has 0 radical (unpaired) electrons. The van der Waals surface area contributed by atoms with Crippen LogP contribution in [0.1, 0.15) is 0 Å². The van der Waals surface area contributed by atoms with Crippen molar-refractivity contribution in [3.8, 4) is 0 Å². The third-order valence-corrected chi connectivity index (χ3v) is 4.77. The van der Waals surface area contributed by atoms with Gasteiger partial charge in [0.05, 0.1) is 4.90 Å². The lowest BCUT2D eigenvalue weighted by Gasteiger charge is -2.23. The molecular weight excluding hydrogens is 314 g/mol. The van der Waals surface area contributed by atoms with Gasteiger partial charge in [-0.05, 0) is 31.8 Å². The van der Waals surface area contributed by atoms with Crippen LogP contribution in [0.5, 0.6) is 0 Å². The van der Waals surface area contributed by atoms with Crippen LogP contribution in [-0.2, 0) is 10.0 Å². The lowest BCUT2D eigenvalue weighted by Crippen LogP contribution is -2.28. The number of hydrogen-bond acceptors (Lipinski definition) is 4. The van der Waals surface area contributed by atoms with Gasteiger partial charge in [-0.15, -0.1) is 0 Å². The Balaban J connectivity index is 2.57. The molecule has 0 amide bonds. The van der Waals surface area contributed by atoms with Gasteiger partial charge in [0, 0.05) is 46.0 Å². The molecule has 8 heteroatoms. The van der Waals surface area contributed by atoms with Gasteiger partial charge >= 0.3 is 0 Å². The minimum absolute atomic E-state index is 0.0238. The van der Waals surface area contributed by atoms with Crippen molar-refractivity contribution in [1.82, 2.24) is 4.90 Å². The van der Waals surface area contributed by atoms with E-state index in [1.54, 1.807) is 18.2 Å². The van der Waals surface area contributed by atoms with Crippen LogP contribution in [0.4, 0.5) is 5.69 Å². The van der Waals surface area contributed by atoms with E-state index in [9.17, 15) is 8.42 Å². The van der Waals surface area contributed by atoms with Crippen molar-refractivity contribution in [1.29, 1.82) is 0 Å². The van der Waals surface area contributed by atoms with E-state index in [0.717, 1.165) is 24.2 Å². The van der Waals surface area contributed by atoms with Crippen LogP contribution in [0.3, 0.4) is 0 Å². The second-order valence-electron chi connectivity index (χ2n) is 5.50. The summed E-state index contributed by atoms with van der Waals surface area (Å²) in [6, 6.07) is 10.5.